The fourth-order valence-electron chi connectivity index (χ4n) is 2.12. The fourth-order valence-corrected chi connectivity index (χ4v) is 2.76. The lowest BCUT2D eigenvalue weighted by Crippen LogP contribution is -2.20. The molecule has 0 bridgehead atoms. The second-order valence-corrected chi connectivity index (χ2v) is 4.72. The standard InChI is InChI=1S/C10H16N2OS/c1-13-8-4-2-3-7(5-8)9-6-14-10(11)12-9/h6-8H,2-5H2,1H3,(H2,11,12). The summed E-state index contributed by atoms with van der Waals surface area (Å²) in [7, 11) is 1.79. The molecule has 1 saturated carbocycles. The summed E-state index contributed by atoms with van der Waals surface area (Å²) in [5.41, 5.74) is 6.79. The number of anilines is 1. The number of nitrogens with zero attached hydrogens (tertiary/aromatic N) is 1. The van der Waals surface area contributed by atoms with E-state index in [0.717, 1.165) is 12.1 Å². The van der Waals surface area contributed by atoms with E-state index in [-0.39, 0.29) is 0 Å². The molecule has 2 unspecified atom stereocenters. The van der Waals surface area contributed by atoms with Gasteiger partial charge in [0.1, 0.15) is 0 Å². The molecule has 1 aromatic heterocycles. The van der Waals surface area contributed by atoms with Crippen molar-refractivity contribution in [3.63, 3.8) is 0 Å². The number of hydrogen-bond acceptors (Lipinski definition) is 4. The Balaban J connectivity index is 2.04. The Kier molecular flexibility index (Phi) is 3.03. The van der Waals surface area contributed by atoms with Gasteiger partial charge in [-0.1, -0.05) is 6.42 Å². The maximum Gasteiger partial charge on any atom is 0.180 e. The second-order valence-electron chi connectivity index (χ2n) is 3.83. The van der Waals surface area contributed by atoms with Gasteiger partial charge in [-0.05, 0) is 19.3 Å². The first-order valence-electron chi connectivity index (χ1n) is 5.03. The zero-order valence-electron chi connectivity index (χ0n) is 8.40. The lowest BCUT2D eigenvalue weighted by molar-refractivity contribution is 0.0631. The molecule has 1 aliphatic rings. The van der Waals surface area contributed by atoms with Crippen molar-refractivity contribution in [1.29, 1.82) is 0 Å². The Hall–Kier alpha value is -0.610. The van der Waals surface area contributed by atoms with Crippen LogP contribution in [-0.2, 0) is 4.74 Å². The summed E-state index contributed by atoms with van der Waals surface area (Å²) in [4.78, 5) is 4.34. The van der Waals surface area contributed by atoms with E-state index in [0.29, 0.717) is 17.2 Å². The maximum atomic E-state index is 5.63. The number of nitrogens with two attached hydrogens (primary N) is 1. The zero-order valence-corrected chi connectivity index (χ0v) is 9.22. The van der Waals surface area contributed by atoms with E-state index in [1.165, 1.54) is 30.6 Å². The molecule has 4 heteroatoms. The van der Waals surface area contributed by atoms with Gasteiger partial charge in [-0.15, -0.1) is 11.3 Å². The van der Waals surface area contributed by atoms with Crippen LogP contribution in [0, 0.1) is 0 Å². The summed E-state index contributed by atoms with van der Waals surface area (Å²) in [5, 5.41) is 2.76. The van der Waals surface area contributed by atoms with Crippen molar-refractivity contribution in [2.45, 2.75) is 37.7 Å². The van der Waals surface area contributed by atoms with Crippen LogP contribution >= 0.6 is 11.3 Å². The Morgan fingerprint density at radius 1 is 1.57 bits per heavy atom. The highest BCUT2D eigenvalue weighted by Gasteiger charge is 2.24. The van der Waals surface area contributed by atoms with Gasteiger partial charge >= 0.3 is 0 Å². The van der Waals surface area contributed by atoms with Crippen LogP contribution in [0.3, 0.4) is 0 Å². The molecule has 2 rings (SSSR count). The zero-order chi connectivity index (χ0) is 9.97. The van der Waals surface area contributed by atoms with Crippen LogP contribution in [0.1, 0.15) is 37.3 Å². The summed E-state index contributed by atoms with van der Waals surface area (Å²) < 4.78 is 5.39. The SMILES string of the molecule is COC1CCCC(c2csc(N)n2)C1. The van der Waals surface area contributed by atoms with Gasteiger partial charge in [0.2, 0.25) is 0 Å². The van der Waals surface area contributed by atoms with Gasteiger partial charge in [0.25, 0.3) is 0 Å². The van der Waals surface area contributed by atoms with Crippen molar-refractivity contribution >= 4 is 16.5 Å². The van der Waals surface area contributed by atoms with Crippen LogP contribution in [-0.4, -0.2) is 18.2 Å². The summed E-state index contributed by atoms with van der Waals surface area (Å²) in [6.07, 6.45) is 5.16. The minimum Gasteiger partial charge on any atom is -0.381 e. The highest BCUT2D eigenvalue weighted by Crippen LogP contribution is 2.34. The van der Waals surface area contributed by atoms with E-state index >= 15 is 0 Å². The highest BCUT2D eigenvalue weighted by atomic mass is 32.1. The lowest BCUT2D eigenvalue weighted by Gasteiger charge is -2.26. The van der Waals surface area contributed by atoms with Gasteiger partial charge in [-0.3, -0.25) is 0 Å². The molecule has 0 spiro atoms. The molecule has 14 heavy (non-hydrogen) atoms. The van der Waals surface area contributed by atoms with E-state index in [1.807, 2.05) is 0 Å². The Labute approximate surface area is 88.3 Å². The molecule has 1 aliphatic carbocycles. The van der Waals surface area contributed by atoms with E-state index in [1.54, 1.807) is 7.11 Å². The number of nitrogen functional groups attached to an aromatic ring is 1. The molecule has 1 heterocycles. The topological polar surface area (TPSA) is 48.1 Å². The van der Waals surface area contributed by atoms with Crippen molar-refractivity contribution in [1.82, 2.24) is 4.98 Å². The molecule has 2 N–H and O–H groups in total. The lowest BCUT2D eigenvalue weighted by atomic mass is 9.85. The first-order chi connectivity index (χ1) is 6.79. The summed E-state index contributed by atoms with van der Waals surface area (Å²) >= 11 is 1.53. The Morgan fingerprint density at radius 3 is 3.07 bits per heavy atom. The number of methoxy groups -OCH3 is 1. The van der Waals surface area contributed by atoms with Gasteiger partial charge in [0.15, 0.2) is 5.13 Å². The molecular formula is C10H16N2OS. The smallest absolute Gasteiger partial charge is 0.180 e. The molecule has 78 valence electrons. The van der Waals surface area contributed by atoms with Crippen LogP contribution in [0.25, 0.3) is 0 Å². The van der Waals surface area contributed by atoms with Crippen LogP contribution < -0.4 is 5.73 Å². The average Bonchev–Trinajstić information content (AvgIpc) is 2.65. The number of thiazole rings is 1. The van der Waals surface area contributed by atoms with Crippen molar-refractivity contribution in [2.75, 3.05) is 12.8 Å². The van der Waals surface area contributed by atoms with Crippen LogP contribution in [0.5, 0.6) is 0 Å². The van der Waals surface area contributed by atoms with E-state index in [9.17, 15) is 0 Å². The maximum absolute atomic E-state index is 5.63. The van der Waals surface area contributed by atoms with E-state index < -0.39 is 0 Å². The second kappa shape index (κ2) is 4.28. The van der Waals surface area contributed by atoms with Gasteiger partial charge in [-0.2, -0.15) is 0 Å². The van der Waals surface area contributed by atoms with Gasteiger partial charge in [-0.25, -0.2) is 4.98 Å². The Morgan fingerprint density at radius 2 is 2.43 bits per heavy atom. The molecule has 0 saturated heterocycles. The van der Waals surface area contributed by atoms with Crippen molar-refractivity contribution < 1.29 is 4.74 Å². The molecule has 0 radical (unpaired) electrons. The first-order valence-corrected chi connectivity index (χ1v) is 5.91. The first kappa shape index (κ1) is 9.93. The summed E-state index contributed by atoms with van der Waals surface area (Å²) in [5.74, 6) is 0.558. The molecule has 1 fully saturated rings. The van der Waals surface area contributed by atoms with E-state index in [2.05, 4.69) is 10.4 Å². The summed E-state index contributed by atoms with van der Waals surface area (Å²) in [6, 6.07) is 0. The third-order valence-electron chi connectivity index (χ3n) is 2.92. The largest absolute Gasteiger partial charge is 0.381 e. The molecule has 0 amide bonds. The molecular weight excluding hydrogens is 196 g/mol. The molecule has 0 aliphatic heterocycles. The monoisotopic (exact) mass is 212 g/mol. The molecule has 3 nitrogen and oxygen atoms in total. The van der Waals surface area contributed by atoms with Crippen molar-refractivity contribution in [3.8, 4) is 0 Å². The quantitative estimate of drug-likeness (QED) is 0.819. The van der Waals surface area contributed by atoms with Gasteiger partial charge in [0, 0.05) is 18.4 Å². The minimum atomic E-state index is 0.414. The van der Waals surface area contributed by atoms with Crippen LogP contribution in [0.2, 0.25) is 0 Å². The number of hydrogen-bond donors (Lipinski definition) is 1. The minimum absolute atomic E-state index is 0.414. The van der Waals surface area contributed by atoms with Gasteiger partial charge in [0.05, 0.1) is 11.8 Å². The number of rotatable bonds is 2. The fraction of sp³-hybridized carbons (Fsp3) is 0.700. The van der Waals surface area contributed by atoms with Crippen molar-refractivity contribution in [3.05, 3.63) is 11.1 Å². The number of ether oxygens (including phenoxy) is 1. The molecule has 2 atom stereocenters. The highest BCUT2D eigenvalue weighted by molar-refractivity contribution is 7.13. The number of aromatic nitrogens is 1. The van der Waals surface area contributed by atoms with Crippen LogP contribution in [0.4, 0.5) is 5.13 Å². The molecule has 0 aromatic carbocycles. The summed E-state index contributed by atoms with van der Waals surface area (Å²) in [6.45, 7) is 0. The molecule has 1 aromatic rings. The average molecular weight is 212 g/mol. The normalized spacial score (nSPS) is 27.8. The van der Waals surface area contributed by atoms with Crippen molar-refractivity contribution in [2.24, 2.45) is 0 Å². The Bertz CT molecular complexity index is 300. The predicted octanol–water partition coefficient (Wildman–Crippen LogP) is 2.40. The van der Waals surface area contributed by atoms with E-state index in [4.69, 9.17) is 10.5 Å². The predicted molar refractivity (Wildman–Crippen MR) is 58.5 cm³/mol. The third kappa shape index (κ3) is 2.07. The van der Waals surface area contributed by atoms with Crippen LogP contribution in [0.15, 0.2) is 5.38 Å². The third-order valence-corrected chi connectivity index (χ3v) is 3.61. The van der Waals surface area contributed by atoms with Gasteiger partial charge < -0.3 is 10.5 Å².